The zero-order valence-corrected chi connectivity index (χ0v) is 17.0. The van der Waals surface area contributed by atoms with E-state index in [0.29, 0.717) is 30.3 Å². The molecular weight excluding hydrogens is 350 g/mol. The van der Waals surface area contributed by atoms with Crippen LogP contribution in [0.25, 0.3) is 22.8 Å². The smallest absolute Gasteiger partial charge is 0.269 e. The number of nitrogens with one attached hydrogen (secondary N) is 1. The fraction of sp³-hybridized carbons (Fsp3) is 0.364. The number of aromatic nitrogens is 4. The monoisotopic (exact) mass is 375 g/mol. The van der Waals surface area contributed by atoms with E-state index in [2.05, 4.69) is 62.2 Å². The lowest BCUT2D eigenvalue weighted by molar-refractivity contribution is 0.0924. The van der Waals surface area contributed by atoms with Gasteiger partial charge in [-0.3, -0.25) is 9.48 Å². The number of nitrogens with zero attached hydrogens (tertiary/aromatic N) is 4. The van der Waals surface area contributed by atoms with Gasteiger partial charge in [-0.25, -0.2) is 9.97 Å². The Hall–Kier alpha value is -3.02. The molecule has 0 radical (unpaired) electrons. The predicted molar refractivity (Wildman–Crippen MR) is 109 cm³/mol. The number of hydrogen-bond donors (Lipinski definition) is 1. The molecule has 3 aromatic rings. The van der Waals surface area contributed by atoms with Crippen LogP contribution in [0, 0.1) is 13.8 Å². The summed E-state index contributed by atoms with van der Waals surface area (Å²) < 4.78 is 1.74. The molecule has 6 nitrogen and oxygen atoms in total. The van der Waals surface area contributed by atoms with Gasteiger partial charge in [0.15, 0.2) is 5.82 Å². The highest BCUT2D eigenvalue weighted by molar-refractivity contribution is 5.94. The molecule has 2 aromatic heterocycles. The molecule has 0 atom stereocenters. The molecule has 144 valence electrons. The molecule has 0 bridgehead atoms. The first-order chi connectivity index (χ1) is 13.2. The molecule has 0 saturated heterocycles. The van der Waals surface area contributed by atoms with E-state index >= 15 is 0 Å². The van der Waals surface area contributed by atoms with E-state index in [1.807, 2.05) is 6.07 Å². The molecule has 6 heteroatoms. The molecule has 0 unspecified atom stereocenters. The van der Waals surface area contributed by atoms with Crippen molar-refractivity contribution < 1.29 is 4.79 Å². The van der Waals surface area contributed by atoms with Crippen LogP contribution in [-0.4, -0.2) is 32.2 Å². The third-order valence-corrected chi connectivity index (χ3v) is 5.16. The molecule has 1 amide bonds. The molecule has 3 heterocycles. The second kappa shape index (κ2) is 6.55. The van der Waals surface area contributed by atoms with E-state index in [1.54, 1.807) is 16.9 Å². The maximum atomic E-state index is 12.0. The third kappa shape index (κ3) is 3.19. The van der Waals surface area contributed by atoms with Gasteiger partial charge in [0.25, 0.3) is 5.91 Å². The van der Waals surface area contributed by atoms with Crippen LogP contribution in [0.3, 0.4) is 0 Å². The Kier molecular flexibility index (Phi) is 4.29. The highest BCUT2D eigenvalue weighted by atomic mass is 16.2. The molecular formula is C22H25N5O. The number of hydrogen-bond acceptors (Lipinski definition) is 4. The fourth-order valence-corrected chi connectivity index (χ4v) is 3.63. The Bertz CT molecular complexity index is 1050. The van der Waals surface area contributed by atoms with Gasteiger partial charge in [0.05, 0.1) is 12.2 Å². The highest BCUT2D eigenvalue weighted by Gasteiger charge is 2.21. The molecule has 1 aliphatic heterocycles. The van der Waals surface area contributed by atoms with Crippen LogP contribution in [0.4, 0.5) is 0 Å². The lowest BCUT2D eigenvalue weighted by Crippen LogP contribution is -2.35. The van der Waals surface area contributed by atoms with Crippen molar-refractivity contribution >= 4 is 5.91 Å². The summed E-state index contributed by atoms with van der Waals surface area (Å²) in [5.41, 5.74) is 6.74. The molecule has 4 rings (SSSR count). The summed E-state index contributed by atoms with van der Waals surface area (Å²) in [7, 11) is 0. The molecule has 0 spiro atoms. The predicted octanol–water partition coefficient (Wildman–Crippen LogP) is 3.66. The standard InChI is InChI=1S/C22H25N5O/c1-13-10-15(22(3,4)5)11-14(2)19(13)20-23-7-6-16(25-20)17-12-18-21(28)24-8-9-27(18)26-17/h6-7,10-12H,8-9H2,1-5H3,(H,24,28). The largest absolute Gasteiger partial charge is 0.349 e. The van der Waals surface area contributed by atoms with E-state index in [4.69, 9.17) is 4.98 Å². The van der Waals surface area contributed by atoms with Crippen molar-refractivity contribution in [2.45, 2.75) is 46.6 Å². The molecule has 0 aliphatic carbocycles. The molecule has 1 N–H and O–H groups in total. The van der Waals surface area contributed by atoms with Gasteiger partial charge in [-0.15, -0.1) is 0 Å². The van der Waals surface area contributed by atoms with Gasteiger partial charge in [-0.2, -0.15) is 5.10 Å². The van der Waals surface area contributed by atoms with Gasteiger partial charge in [0, 0.05) is 18.3 Å². The van der Waals surface area contributed by atoms with Crippen molar-refractivity contribution in [3.63, 3.8) is 0 Å². The van der Waals surface area contributed by atoms with Crippen LogP contribution < -0.4 is 5.32 Å². The molecule has 1 aromatic carbocycles. The average Bonchev–Trinajstić information content (AvgIpc) is 3.06. The van der Waals surface area contributed by atoms with Gasteiger partial charge in [0.2, 0.25) is 0 Å². The lowest BCUT2D eigenvalue weighted by Gasteiger charge is -2.22. The first-order valence-electron chi connectivity index (χ1n) is 9.55. The Labute approximate surface area is 165 Å². The first-order valence-corrected chi connectivity index (χ1v) is 9.55. The average molecular weight is 375 g/mol. The van der Waals surface area contributed by atoms with Crippen LogP contribution in [-0.2, 0) is 12.0 Å². The minimum absolute atomic E-state index is 0.0901. The van der Waals surface area contributed by atoms with Gasteiger partial charge >= 0.3 is 0 Å². The van der Waals surface area contributed by atoms with Crippen molar-refractivity contribution in [1.82, 2.24) is 25.1 Å². The maximum Gasteiger partial charge on any atom is 0.269 e. The summed E-state index contributed by atoms with van der Waals surface area (Å²) in [6.07, 6.45) is 1.76. The summed E-state index contributed by atoms with van der Waals surface area (Å²) in [4.78, 5) is 21.3. The summed E-state index contributed by atoms with van der Waals surface area (Å²) in [5.74, 6) is 0.590. The summed E-state index contributed by atoms with van der Waals surface area (Å²) >= 11 is 0. The Morgan fingerprint density at radius 3 is 2.43 bits per heavy atom. The first kappa shape index (κ1) is 18.3. The second-order valence-electron chi connectivity index (χ2n) is 8.39. The van der Waals surface area contributed by atoms with Gasteiger partial charge in [-0.05, 0) is 48.1 Å². The number of carbonyl (C=O) groups is 1. The quantitative estimate of drug-likeness (QED) is 0.742. The zero-order chi connectivity index (χ0) is 20.1. The SMILES string of the molecule is Cc1cc(C(C)(C)C)cc(C)c1-c1nccc(-c2cc3n(n2)CCNC3=O)n1. The van der Waals surface area contributed by atoms with Gasteiger partial charge in [-0.1, -0.05) is 32.9 Å². The molecule has 1 aliphatic rings. The minimum Gasteiger partial charge on any atom is -0.349 e. The lowest BCUT2D eigenvalue weighted by atomic mass is 9.83. The topological polar surface area (TPSA) is 72.7 Å². The molecule has 0 fully saturated rings. The normalized spacial score (nSPS) is 14.0. The number of fused-ring (bicyclic) bond motifs is 1. The summed E-state index contributed by atoms with van der Waals surface area (Å²) in [6.45, 7) is 12.1. The molecule has 0 saturated carbocycles. The number of aryl methyl sites for hydroxylation is 2. The van der Waals surface area contributed by atoms with E-state index in [1.165, 1.54) is 5.56 Å². The van der Waals surface area contributed by atoms with Crippen molar-refractivity contribution in [3.05, 3.63) is 52.8 Å². The van der Waals surface area contributed by atoms with Crippen molar-refractivity contribution in [3.8, 4) is 22.8 Å². The van der Waals surface area contributed by atoms with Crippen molar-refractivity contribution in [2.24, 2.45) is 0 Å². The number of carbonyl (C=O) groups excluding carboxylic acids is 1. The van der Waals surface area contributed by atoms with Crippen molar-refractivity contribution in [2.75, 3.05) is 6.54 Å². The Morgan fingerprint density at radius 2 is 1.79 bits per heavy atom. The highest BCUT2D eigenvalue weighted by Crippen LogP contribution is 2.32. The van der Waals surface area contributed by atoms with Crippen LogP contribution in [0.5, 0.6) is 0 Å². The minimum atomic E-state index is -0.0938. The van der Waals surface area contributed by atoms with Crippen LogP contribution in [0.15, 0.2) is 30.5 Å². The Balaban J connectivity index is 1.77. The fourth-order valence-electron chi connectivity index (χ4n) is 3.63. The van der Waals surface area contributed by atoms with Crippen LogP contribution in [0.1, 0.15) is 48.0 Å². The van der Waals surface area contributed by atoms with E-state index in [0.717, 1.165) is 22.4 Å². The second-order valence-corrected chi connectivity index (χ2v) is 8.39. The summed E-state index contributed by atoms with van der Waals surface area (Å²) in [6, 6.07) is 8.07. The third-order valence-electron chi connectivity index (χ3n) is 5.16. The van der Waals surface area contributed by atoms with E-state index in [-0.39, 0.29) is 11.3 Å². The Morgan fingerprint density at radius 1 is 1.07 bits per heavy atom. The van der Waals surface area contributed by atoms with Crippen LogP contribution in [0.2, 0.25) is 0 Å². The summed E-state index contributed by atoms with van der Waals surface area (Å²) in [5, 5.41) is 7.40. The van der Waals surface area contributed by atoms with E-state index < -0.39 is 0 Å². The van der Waals surface area contributed by atoms with Gasteiger partial charge in [0.1, 0.15) is 11.4 Å². The van der Waals surface area contributed by atoms with Gasteiger partial charge < -0.3 is 5.32 Å². The van der Waals surface area contributed by atoms with Crippen LogP contribution >= 0.6 is 0 Å². The zero-order valence-electron chi connectivity index (χ0n) is 17.0. The number of rotatable bonds is 2. The van der Waals surface area contributed by atoms with E-state index in [9.17, 15) is 4.79 Å². The number of benzene rings is 1. The van der Waals surface area contributed by atoms with Crippen molar-refractivity contribution in [1.29, 1.82) is 0 Å². The molecule has 28 heavy (non-hydrogen) atoms. The maximum absolute atomic E-state index is 12.0. The number of amides is 1.